The number of hydrogen-bond acceptors (Lipinski definition) is 10. The van der Waals surface area contributed by atoms with Gasteiger partial charge in [-0.1, -0.05) is 93.6 Å². The van der Waals surface area contributed by atoms with Gasteiger partial charge in [0.05, 0.1) is 5.39 Å². The molecule has 2 aliphatic rings. The summed E-state index contributed by atoms with van der Waals surface area (Å²) in [5.74, 6) is -8.50. The minimum atomic E-state index is -5.33. The van der Waals surface area contributed by atoms with Gasteiger partial charge in [0, 0.05) is 64.6 Å². The van der Waals surface area contributed by atoms with Gasteiger partial charge in [-0.15, -0.1) is 4.73 Å². The first-order chi connectivity index (χ1) is 30.5. The van der Waals surface area contributed by atoms with Crippen LogP contribution in [0.25, 0.3) is 89.7 Å². The summed E-state index contributed by atoms with van der Waals surface area (Å²) in [7, 11) is 0. The molecule has 330 valence electrons. The molecule has 0 aliphatic carbocycles. The van der Waals surface area contributed by atoms with E-state index in [1.54, 1.807) is 79.7 Å². The third-order valence-electron chi connectivity index (χ3n) is 10.3. The normalized spacial score (nSPS) is 13.7. The van der Waals surface area contributed by atoms with Gasteiger partial charge in [-0.3, -0.25) is 0 Å². The van der Waals surface area contributed by atoms with Crippen molar-refractivity contribution in [2.45, 2.75) is 77.8 Å². The highest BCUT2D eigenvalue weighted by Gasteiger charge is 2.56. The number of rotatable bonds is 12. The van der Waals surface area contributed by atoms with Crippen molar-refractivity contribution >= 4 is 44.1 Å². The van der Waals surface area contributed by atoms with E-state index in [1.165, 1.54) is 6.92 Å². The van der Waals surface area contributed by atoms with E-state index in [4.69, 9.17) is 44.2 Å². The van der Waals surface area contributed by atoms with Crippen LogP contribution in [0.2, 0.25) is 0 Å². The van der Waals surface area contributed by atoms with Crippen LogP contribution in [0.1, 0.15) is 47.0 Å². The van der Waals surface area contributed by atoms with Crippen LogP contribution in [0.4, 0.5) is 35.1 Å². The van der Waals surface area contributed by atoms with Crippen LogP contribution in [0, 0.1) is 0 Å². The van der Waals surface area contributed by atoms with Crippen molar-refractivity contribution in [3.05, 3.63) is 78.9 Å². The van der Waals surface area contributed by atoms with Crippen LogP contribution < -0.4 is 19.0 Å². The quantitative estimate of drug-likeness (QED) is 0.118. The molecule has 0 spiro atoms. The molecule has 20 heteroatoms. The van der Waals surface area contributed by atoms with Crippen LogP contribution in [-0.2, 0) is 0 Å². The lowest BCUT2D eigenvalue weighted by molar-refractivity contribution is -0.302. The number of nitrogens with zero attached hydrogens (tertiary/aromatic N) is 7. The zero-order chi connectivity index (χ0) is 45.3. The summed E-state index contributed by atoms with van der Waals surface area (Å²) >= 11 is 0. The largest absolute Gasteiger partial charge is 0.464 e. The second-order valence-electron chi connectivity index (χ2n) is 14.8. The van der Waals surface area contributed by atoms with Crippen molar-refractivity contribution in [2.24, 2.45) is 0 Å². The number of benzene rings is 4. The fourth-order valence-corrected chi connectivity index (χ4v) is 7.03. The summed E-state index contributed by atoms with van der Waals surface area (Å²) in [5, 5.41) is 0.326. The standard InChI is InChI=1S/C44H34F8N8O4/c1-5-29(45)61-33-31-27(20-28(32(33)63-43(49,50)7-3)62-44(51,52)42(4,47)48)38-55-34-21-14-8-10-16-23(21)36(53-34)58-40-25-18-12-13-19-26(25)41(60(40)64-30(46)6-2)59-37-24-17-11-9-15-22(24)35(54-37)56-39(31)57-38/h8-20,29-30H,5-7H2,1-4H3,(H,53,54,55,56,57,58,59). The van der Waals surface area contributed by atoms with Crippen molar-refractivity contribution in [3.8, 4) is 62.8 Å². The number of halogens is 8. The Labute approximate surface area is 356 Å². The topological polar surface area (TPSA) is 135 Å². The highest BCUT2D eigenvalue weighted by molar-refractivity contribution is 6.11. The highest BCUT2D eigenvalue weighted by atomic mass is 19.3. The molecule has 8 bridgehead atoms. The predicted octanol–water partition coefficient (Wildman–Crippen LogP) is 11.6. The van der Waals surface area contributed by atoms with Crippen LogP contribution in [0.5, 0.6) is 17.2 Å². The van der Waals surface area contributed by atoms with Gasteiger partial charge < -0.3 is 24.0 Å². The second kappa shape index (κ2) is 15.6. The summed E-state index contributed by atoms with van der Waals surface area (Å²) in [4.78, 5) is 37.5. The molecule has 7 aromatic rings. The molecular formula is C44H34F8N8O4. The average molecular weight is 891 g/mol. The Balaban J connectivity index is 1.50. The molecule has 0 saturated carbocycles. The van der Waals surface area contributed by atoms with Crippen LogP contribution >= 0.6 is 0 Å². The molecule has 2 aliphatic heterocycles. The minimum Gasteiger partial charge on any atom is -0.456 e. The maximum atomic E-state index is 15.5. The Morgan fingerprint density at radius 2 is 1.08 bits per heavy atom. The lowest BCUT2D eigenvalue weighted by Gasteiger charge is -2.27. The van der Waals surface area contributed by atoms with E-state index in [2.05, 4.69) is 9.72 Å². The summed E-state index contributed by atoms with van der Waals surface area (Å²) in [6.45, 7) is 3.80. The number of ether oxygens (including phenoxy) is 3. The molecule has 0 saturated heterocycles. The zero-order valence-electron chi connectivity index (χ0n) is 34.1. The molecule has 5 heterocycles. The van der Waals surface area contributed by atoms with Crippen molar-refractivity contribution in [1.29, 1.82) is 0 Å². The zero-order valence-corrected chi connectivity index (χ0v) is 34.1. The van der Waals surface area contributed by atoms with Gasteiger partial charge >= 0.3 is 18.1 Å². The number of fused-ring (bicyclic) bond motifs is 20. The van der Waals surface area contributed by atoms with Gasteiger partial charge in [0.1, 0.15) is 11.3 Å². The predicted molar refractivity (Wildman–Crippen MR) is 219 cm³/mol. The van der Waals surface area contributed by atoms with Gasteiger partial charge in [0.25, 0.3) is 6.36 Å². The molecule has 0 amide bonds. The smallest absolute Gasteiger partial charge is 0.456 e. The Kier molecular flexibility index (Phi) is 10.3. The Bertz CT molecular complexity index is 3160. The molecule has 3 aromatic heterocycles. The maximum absolute atomic E-state index is 15.5. The summed E-state index contributed by atoms with van der Waals surface area (Å²) < 4.78 is 137. The molecule has 9 rings (SSSR count). The first-order valence-corrected chi connectivity index (χ1v) is 20.0. The van der Waals surface area contributed by atoms with E-state index >= 15 is 26.3 Å². The molecule has 4 aromatic carbocycles. The number of nitrogens with one attached hydrogen (secondary N) is 1. The van der Waals surface area contributed by atoms with E-state index in [0.717, 1.165) is 11.7 Å². The SMILES string of the molecule is CCC(F)Oc1c(OC(F)(F)CC)c(OC(F)(F)C(C)(F)F)cc2c3nc4nc(nc5c6ccccc6c(nc6nc(nc([nH]3)c12)-c1ccccc1-6)n5OC(F)CC)-c1ccccc1-4. The number of aromatic nitrogens is 8. The van der Waals surface area contributed by atoms with Crippen molar-refractivity contribution in [3.63, 3.8) is 0 Å². The van der Waals surface area contributed by atoms with E-state index in [1.807, 2.05) is 0 Å². The molecule has 12 nitrogen and oxygen atoms in total. The van der Waals surface area contributed by atoms with Gasteiger partial charge in [-0.25, -0.2) is 34.3 Å². The van der Waals surface area contributed by atoms with E-state index in [0.29, 0.717) is 39.1 Å². The van der Waals surface area contributed by atoms with Gasteiger partial charge in [0.15, 0.2) is 46.1 Å². The number of H-pyrrole nitrogens is 1. The Hall–Kier alpha value is -7.12. The summed E-state index contributed by atoms with van der Waals surface area (Å²) in [6.07, 6.45) is -15.1. The first kappa shape index (κ1) is 42.2. The monoisotopic (exact) mass is 890 g/mol. The number of hydrogen-bond donors (Lipinski definition) is 1. The lowest BCUT2D eigenvalue weighted by atomic mass is 10.1. The van der Waals surface area contributed by atoms with E-state index in [9.17, 15) is 8.78 Å². The summed E-state index contributed by atoms with van der Waals surface area (Å²) in [5.41, 5.74) is 1.24. The highest BCUT2D eigenvalue weighted by Crippen LogP contribution is 2.51. The molecule has 2 unspecified atom stereocenters. The van der Waals surface area contributed by atoms with Crippen LogP contribution in [0.3, 0.4) is 0 Å². The molecule has 0 fully saturated rings. The minimum absolute atomic E-state index is 0.0411. The molecule has 2 atom stereocenters. The number of alkyl halides is 8. The van der Waals surface area contributed by atoms with Crippen molar-refractivity contribution < 1.29 is 54.2 Å². The van der Waals surface area contributed by atoms with Gasteiger partial charge in [0.2, 0.25) is 12.1 Å². The summed E-state index contributed by atoms with van der Waals surface area (Å²) in [6, 6.07) is 21.1. The fourth-order valence-electron chi connectivity index (χ4n) is 7.03. The lowest BCUT2D eigenvalue weighted by Crippen LogP contribution is -2.43. The number of aromatic amines is 1. The van der Waals surface area contributed by atoms with Crippen LogP contribution in [0.15, 0.2) is 78.9 Å². The fraction of sp³-hybridized carbons (Fsp3) is 0.273. The van der Waals surface area contributed by atoms with Crippen LogP contribution in [-0.4, -0.2) is 70.5 Å². The van der Waals surface area contributed by atoms with Crippen molar-refractivity contribution in [1.82, 2.24) is 39.6 Å². The third-order valence-corrected chi connectivity index (χ3v) is 10.3. The molecule has 0 radical (unpaired) electrons. The maximum Gasteiger partial charge on any atom is 0.464 e. The first-order valence-electron chi connectivity index (χ1n) is 20.0. The van der Waals surface area contributed by atoms with E-state index in [-0.39, 0.29) is 70.0 Å². The second-order valence-corrected chi connectivity index (χ2v) is 14.8. The van der Waals surface area contributed by atoms with E-state index < -0.39 is 60.9 Å². The van der Waals surface area contributed by atoms with Gasteiger partial charge in [-0.05, 0) is 6.07 Å². The van der Waals surface area contributed by atoms with Crippen molar-refractivity contribution in [2.75, 3.05) is 0 Å². The third kappa shape index (κ3) is 7.29. The molecular weight excluding hydrogens is 857 g/mol. The molecule has 1 N–H and O–H groups in total. The molecule has 64 heavy (non-hydrogen) atoms. The Morgan fingerprint density at radius 3 is 1.56 bits per heavy atom. The Morgan fingerprint density at radius 1 is 0.594 bits per heavy atom. The van der Waals surface area contributed by atoms with Gasteiger partial charge in [-0.2, -0.15) is 30.7 Å². The average Bonchev–Trinajstić information content (AvgIpc) is 3.98.